The molecular formula is C26H31NO7. The van der Waals surface area contributed by atoms with Crippen molar-refractivity contribution in [3.63, 3.8) is 0 Å². The fraction of sp³-hybridized carbons (Fsp3) is 0.385. The van der Waals surface area contributed by atoms with Crippen molar-refractivity contribution in [1.29, 1.82) is 0 Å². The number of methoxy groups -OCH3 is 3. The average molecular weight is 470 g/mol. The fourth-order valence-corrected chi connectivity index (χ4v) is 3.81. The average Bonchev–Trinajstić information content (AvgIpc) is 3.10. The summed E-state index contributed by atoms with van der Waals surface area (Å²) in [6, 6.07) is 11.1. The monoisotopic (exact) mass is 469 g/mol. The number of likely N-dealkylation sites (tertiary alicyclic amines) is 1. The van der Waals surface area contributed by atoms with E-state index >= 15 is 0 Å². The highest BCUT2D eigenvalue weighted by atomic mass is 16.5. The molecule has 1 aliphatic heterocycles. The lowest BCUT2D eigenvalue weighted by Gasteiger charge is -2.26. The highest BCUT2D eigenvalue weighted by molar-refractivity contribution is 6.46. The number of rotatable bonds is 10. The summed E-state index contributed by atoms with van der Waals surface area (Å²) >= 11 is 0. The second kappa shape index (κ2) is 11.1. The molecule has 2 aromatic rings. The summed E-state index contributed by atoms with van der Waals surface area (Å²) in [5.41, 5.74) is 0.979. The Morgan fingerprint density at radius 3 is 2.44 bits per heavy atom. The van der Waals surface area contributed by atoms with E-state index in [1.807, 2.05) is 13.8 Å². The lowest BCUT2D eigenvalue weighted by atomic mass is 9.95. The molecule has 1 atom stereocenters. The Balaban J connectivity index is 2.16. The fourth-order valence-electron chi connectivity index (χ4n) is 3.81. The van der Waals surface area contributed by atoms with E-state index in [-0.39, 0.29) is 30.4 Å². The van der Waals surface area contributed by atoms with E-state index in [1.54, 1.807) is 49.6 Å². The molecule has 1 N–H and O–H groups in total. The second-order valence-corrected chi connectivity index (χ2v) is 8.33. The molecule has 1 heterocycles. The minimum atomic E-state index is -0.825. The summed E-state index contributed by atoms with van der Waals surface area (Å²) in [6.07, 6.45) is 0. The maximum atomic E-state index is 13.1. The SMILES string of the molecule is COCCN1C(=O)C(=O)/C(=C(\O)c2cccc(OC)c2)C1c1ccc(OC)c(OCC(C)C)c1. The molecule has 1 saturated heterocycles. The third kappa shape index (κ3) is 5.17. The molecule has 1 aliphatic rings. The number of aliphatic hydroxyl groups excluding tert-OH is 1. The van der Waals surface area contributed by atoms with Gasteiger partial charge in [-0.3, -0.25) is 9.59 Å². The minimum absolute atomic E-state index is 0.00525. The van der Waals surface area contributed by atoms with Gasteiger partial charge in [-0.15, -0.1) is 0 Å². The van der Waals surface area contributed by atoms with E-state index in [4.69, 9.17) is 18.9 Å². The van der Waals surface area contributed by atoms with Crippen LogP contribution in [-0.4, -0.2) is 62.8 Å². The van der Waals surface area contributed by atoms with Gasteiger partial charge in [0, 0.05) is 19.2 Å². The summed E-state index contributed by atoms with van der Waals surface area (Å²) in [5.74, 6) is 0.0896. The molecule has 3 rings (SSSR count). The predicted molar refractivity (Wildman–Crippen MR) is 127 cm³/mol. The van der Waals surface area contributed by atoms with Crippen molar-refractivity contribution >= 4 is 17.4 Å². The van der Waals surface area contributed by atoms with Gasteiger partial charge >= 0.3 is 0 Å². The Morgan fingerprint density at radius 1 is 1.03 bits per heavy atom. The molecule has 0 bridgehead atoms. The Kier molecular flexibility index (Phi) is 8.17. The quantitative estimate of drug-likeness (QED) is 0.321. The van der Waals surface area contributed by atoms with Gasteiger partial charge in [0.2, 0.25) is 0 Å². The van der Waals surface area contributed by atoms with Crippen LogP contribution in [0.4, 0.5) is 0 Å². The van der Waals surface area contributed by atoms with Gasteiger partial charge in [-0.1, -0.05) is 32.0 Å². The number of aliphatic hydroxyl groups is 1. The molecule has 1 unspecified atom stereocenters. The van der Waals surface area contributed by atoms with Crippen LogP contribution >= 0.6 is 0 Å². The normalized spacial score (nSPS) is 17.4. The van der Waals surface area contributed by atoms with E-state index in [0.29, 0.717) is 35.0 Å². The minimum Gasteiger partial charge on any atom is -0.507 e. The smallest absolute Gasteiger partial charge is 0.295 e. The molecule has 182 valence electrons. The zero-order chi connectivity index (χ0) is 24.8. The summed E-state index contributed by atoms with van der Waals surface area (Å²) < 4.78 is 21.8. The zero-order valence-corrected chi connectivity index (χ0v) is 20.2. The van der Waals surface area contributed by atoms with Crippen molar-refractivity contribution in [3.05, 3.63) is 59.2 Å². The molecule has 0 spiro atoms. The molecule has 8 heteroatoms. The number of carbonyl (C=O) groups is 2. The van der Waals surface area contributed by atoms with Gasteiger partial charge in [0.25, 0.3) is 11.7 Å². The van der Waals surface area contributed by atoms with E-state index in [2.05, 4.69) is 0 Å². The first kappa shape index (κ1) is 25.1. The lowest BCUT2D eigenvalue weighted by molar-refractivity contribution is -0.140. The number of nitrogens with zero attached hydrogens (tertiary/aromatic N) is 1. The highest BCUT2D eigenvalue weighted by Gasteiger charge is 2.46. The van der Waals surface area contributed by atoms with Crippen LogP contribution in [0.5, 0.6) is 17.2 Å². The van der Waals surface area contributed by atoms with E-state index in [0.717, 1.165) is 0 Å². The zero-order valence-electron chi connectivity index (χ0n) is 20.2. The van der Waals surface area contributed by atoms with Gasteiger partial charge in [0.15, 0.2) is 11.5 Å². The van der Waals surface area contributed by atoms with E-state index in [1.165, 1.54) is 19.1 Å². The summed E-state index contributed by atoms with van der Waals surface area (Å²) in [5, 5.41) is 11.2. The summed E-state index contributed by atoms with van der Waals surface area (Å²) in [4.78, 5) is 27.5. The Morgan fingerprint density at radius 2 is 1.79 bits per heavy atom. The molecule has 2 aromatic carbocycles. The van der Waals surface area contributed by atoms with Crippen molar-refractivity contribution in [2.24, 2.45) is 5.92 Å². The van der Waals surface area contributed by atoms with Crippen LogP contribution in [0.3, 0.4) is 0 Å². The van der Waals surface area contributed by atoms with Gasteiger partial charge in [0.05, 0.1) is 39.0 Å². The first-order valence-electron chi connectivity index (χ1n) is 11.0. The topological polar surface area (TPSA) is 94.5 Å². The number of Topliss-reactive ketones (excluding diaryl/α,β-unsaturated/α-hetero) is 1. The lowest BCUT2D eigenvalue weighted by Crippen LogP contribution is -2.32. The van der Waals surface area contributed by atoms with Gasteiger partial charge in [-0.05, 0) is 35.7 Å². The van der Waals surface area contributed by atoms with Crippen LogP contribution in [0.2, 0.25) is 0 Å². The largest absolute Gasteiger partial charge is 0.507 e. The number of benzene rings is 2. The highest BCUT2D eigenvalue weighted by Crippen LogP contribution is 2.42. The molecular weight excluding hydrogens is 438 g/mol. The molecule has 34 heavy (non-hydrogen) atoms. The Hall–Kier alpha value is -3.52. The molecule has 0 saturated carbocycles. The predicted octanol–water partition coefficient (Wildman–Crippen LogP) is 3.81. The second-order valence-electron chi connectivity index (χ2n) is 8.33. The number of hydrogen-bond acceptors (Lipinski definition) is 7. The van der Waals surface area contributed by atoms with Crippen LogP contribution in [-0.2, 0) is 14.3 Å². The number of ether oxygens (including phenoxy) is 4. The standard InChI is InChI=1S/C26H31NO7/c1-16(2)15-34-21-14-17(9-10-20(21)33-5)23-22(25(29)26(30)27(23)11-12-31-3)24(28)18-7-6-8-19(13-18)32-4/h6-10,13-14,16,23,28H,11-12,15H2,1-5H3/b24-22-. The number of hydrogen-bond donors (Lipinski definition) is 1. The van der Waals surface area contributed by atoms with Gasteiger partial charge in [-0.25, -0.2) is 0 Å². The molecule has 0 aliphatic carbocycles. The van der Waals surface area contributed by atoms with Gasteiger partial charge in [0.1, 0.15) is 11.5 Å². The number of amides is 1. The molecule has 1 amide bonds. The number of ketones is 1. The number of carbonyl (C=O) groups excluding carboxylic acids is 2. The summed E-state index contributed by atoms with van der Waals surface area (Å²) in [7, 11) is 4.58. The van der Waals surface area contributed by atoms with E-state index in [9.17, 15) is 14.7 Å². The van der Waals surface area contributed by atoms with Gasteiger partial charge < -0.3 is 29.0 Å². The molecule has 0 aromatic heterocycles. The Bertz CT molecular complexity index is 1080. The first-order valence-corrected chi connectivity index (χ1v) is 11.0. The van der Waals surface area contributed by atoms with Crippen molar-refractivity contribution in [3.8, 4) is 17.2 Å². The third-order valence-corrected chi connectivity index (χ3v) is 5.50. The van der Waals surface area contributed by atoms with Crippen LogP contribution in [0, 0.1) is 5.92 Å². The molecule has 0 radical (unpaired) electrons. The van der Waals surface area contributed by atoms with Crippen molar-refractivity contribution in [2.75, 3.05) is 41.1 Å². The maximum Gasteiger partial charge on any atom is 0.295 e. The third-order valence-electron chi connectivity index (χ3n) is 5.50. The van der Waals surface area contributed by atoms with E-state index < -0.39 is 17.7 Å². The Labute approximate surface area is 199 Å². The molecule has 8 nitrogen and oxygen atoms in total. The van der Waals surface area contributed by atoms with Crippen LogP contribution in [0.25, 0.3) is 5.76 Å². The van der Waals surface area contributed by atoms with Crippen LogP contribution < -0.4 is 14.2 Å². The van der Waals surface area contributed by atoms with Crippen LogP contribution in [0.15, 0.2) is 48.0 Å². The first-order chi connectivity index (χ1) is 16.3. The van der Waals surface area contributed by atoms with Crippen molar-refractivity contribution < 1.29 is 33.6 Å². The molecule has 1 fully saturated rings. The van der Waals surface area contributed by atoms with Crippen LogP contribution in [0.1, 0.15) is 31.0 Å². The van der Waals surface area contributed by atoms with Gasteiger partial charge in [-0.2, -0.15) is 0 Å². The maximum absolute atomic E-state index is 13.1. The van der Waals surface area contributed by atoms with Crippen molar-refractivity contribution in [1.82, 2.24) is 4.90 Å². The van der Waals surface area contributed by atoms with Crippen molar-refractivity contribution in [2.45, 2.75) is 19.9 Å². The summed E-state index contributed by atoms with van der Waals surface area (Å²) in [6.45, 7) is 4.94.